The molecule has 200 valence electrons. The van der Waals surface area contributed by atoms with Crippen molar-refractivity contribution in [1.29, 1.82) is 0 Å². The minimum atomic E-state index is -0.507. The van der Waals surface area contributed by atoms with Gasteiger partial charge in [0.25, 0.3) is 5.56 Å². The first kappa shape index (κ1) is 27.2. The third-order valence-electron chi connectivity index (χ3n) is 6.09. The van der Waals surface area contributed by atoms with Crippen LogP contribution in [0.2, 0.25) is 0 Å². The number of aromatic amines is 1. The maximum absolute atomic E-state index is 13.0. The molecule has 0 unspecified atom stereocenters. The molecular formula is C29H31N7O3. The van der Waals surface area contributed by atoms with Crippen molar-refractivity contribution in [3.8, 4) is 5.69 Å². The number of hydrogen-bond acceptors (Lipinski definition) is 6. The Kier molecular flexibility index (Phi) is 8.45. The second-order valence-electron chi connectivity index (χ2n) is 9.20. The maximum atomic E-state index is 13.0. The first-order chi connectivity index (χ1) is 18.8. The number of nitrogens with zero attached hydrogens (tertiary/aromatic N) is 4. The lowest BCUT2D eigenvalue weighted by molar-refractivity contribution is 0.252. The Bertz CT molecular complexity index is 1740. The van der Waals surface area contributed by atoms with Crippen molar-refractivity contribution in [1.82, 2.24) is 29.8 Å². The summed E-state index contributed by atoms with van der Waals surface area (Å²) >= 11 is 0. The number of aryl methyl sites for hydroxylation is 3. The first-order valence-electron chi connectivity index (χ1n) is 12.7. The van der Waals surface area contributed by atoms with Gasteiger partial charge in [0.2, 0.25) is 0 Å². The highest BCUT2D eigenvalue weighted by atomic mass is 16.2. The Morgan fingerprint density at radius 1 is 0.974 bits per heavy atom. The average molecular weight is 526 g/mol. The van der Waals surface area contributed by atoms with Crippen molar-refractivity contribution in [2.45, 2.75) is 40.5 Å². The number of anilines is 1. The molecule has 0 aliphatic rings. The highest BCUT2D eigenvalue weighted by Gasteiger charge is 2.15. The predicted molar refractivity (Wildman–Crippen MR) is 154 cm³/mol. The van der Waals surface area contributed by atoms with Gasteiger partial charge < -0.3 is 5.32 Å². The second kappa shape index (κ2) is 12.1. The normalized spacial score (nSPS) is 10.7. The Morgan fingerprint density at radius 3 is 2.46 bits per heavy atom. The van der Waals surface area contributed by atoms with E-state index in [4.69, 9.17) is 0 Å². The topological polar surface area (TPSA) is 135 Å². The number of fused-ring (bicyclic) bond motifs is 2. The number of amides is 2. The van der Waals surface area contributed by atoms with Crippen LogP contribution in [0.1, 0.15) is 36.5 Å². The van der Waals surface area contributed by atoms with Gasteiger partial charge >= 0.3 is 11.7 Å². The molecule has 5 rings (SSSR count). The summed E-state index contributed by atoms with van der Waals surface area (Å²) in [5, 5.41) is 6.55. The smallest absolute Gasteiger partial charge is 0.334 e. The molecule has 4 aromatic heterocycles. The summed E-state index contributed by atoms with van der Waals surface area (Å²) in [5.41, 5.74) is 3.25. The number of urea groups is 1. The summed E-state index contributed by atoms with van der Waals surface area (Å²) in [6.45, 7) is 8.50. The number of rotatable bonds is 5. The number of nitrogens with one attached hydrogen (secondary N) is 3. The Balaban J connectivity index is 0.000000204. The monoisotopic (exact) mass is 525 g/mol. The van der Waals surface area contributed by atoms with Crippen LogP contribution >= 0.6 is 0 Å². The lowest BCUT2D eigenvalue weighted by atomic mass is 10.1. The van der Waals surface area contributed by atoms with Gasteiger partial charge in [-0.2, -0.15) is 0 Å². The van der Waals surface area contributed by atoms with Gasteiger partial charge in [-0.05, 0) is 74.2 Å². The number of aromatic nitrogens is 5. The van der Waals surface area contributed by atoms with E-state index < -0.39 is 5.69 Å². The van der Waals surface area contributed by atoms with Gasteiger partial charge in [-0.1, -0.05) is 31.5 Å². The third kappa shape index (κ3) is 6.35. The van der Waals surface area contributed by atoms with Crippen LogP contribution in [-0.4, -0.2) is 37.1 Å². The van der Waals surface area contributed by atoms with Crippen LogP contribution < -0.4 is 21.9 Å². The lowest BCUT2D eigenvalue weighted by Gasteiger charge is -2.12. The largest absolute Gasteiger partial charge is 0.338 e. The van der Waals surface area contributed by atoms with Crippen LogP contribution in [0.15, 0.2) is 70.5 Å². The molecule has 3 N–H and O–H groups in total. The van der Waals surface area contributed by atoms with Gasteiger partial charge in [-0.15, -0.1) is 0 Å². The Hall–Kier alpha value is -4.86. The van der Waals surface area contributed by atoms with Gasteiger partial charge in [0.15, 0.2) is 5.65 Å². The van der Waals surface area contributed by atoms with Crippen molar-refractivity contribution in [2.75, 3.05) is 11.9 Å². The van der Waals surface area contributed by atoms with Crippen molar-refractivity contribution in [3.05, 3.63) is 98.5 Å². The molecule has 10 heteroatoms. The molecule has 0 aliphatic heterocycles. The fourth-order valence-electron chi connectivity index (χ4n) is 4.14. The van der Waals surface area contributed by atoms with Crippen LogP contribution in [0.25, 0.3) is 27.8 Å². The number of para-hydroxylation sites is 1. The highest BCUT2D eigenvalue weighted by Crippen LogP contribution is 2.17. The summed E-state index contributed by atoms with van der Waals surface area (Å²) in [7, 11) is 0. The summed E-state index contributed by atoms with van der Waals surface area (Å²) in [6.07, 6.45) is 5.37. The summed E-state index contributed by atoms with van der Waals surface area (Å²) < 4.78 is 1.18. The number of pyridine rings is 3. The molecule has 0 fully saturated rings. The number of benzene rings is 1. The molecular weight excluding hydrogens is 494 g/mol. The van der Waals surface area contributed by atoms with Crippen molar-refractivity contribution >= 4 is 33.9 Å². The van der Waals surface area contributed by atoms with Crippen LogP contribution in [0, 0.1) is 20.8 Å². The molecule has 0 bridgehead atoms. The summed E-state index contributed by atoms with van der Waals surface area (Å²) in [4.78, 5) is 52.1. The van der Waals surface area contributed by atoms with Crippen molar-refractivity contribution in [2.24, 2.45) is 0 Å². The van der Waals surface area contributed by atoms with Crippen LogP contribution in [0.3, 0.4) is 0 Å². The molecule has 0 atom stereocenters. The number of hydrogen-bond donors (Lipinski definition) is 3. The van der Waals surface area contributed by atoms with E-state index in [1.54, 1.807) is 24.5 Å². The zero-order valence-electron chi connectivity index (χ0n) is 22.4. The maximum Gasteiger partial charge on any atom is 0.334 e. The molecule has 4 heterocycles. The highest BCUT2D eigenvalue weighted by molar-refractivity contribution is 5.89. The molecule has 1 aromatic carbocycles. The summed E-state index contributed by atoms with van der Waals surface area (Å²) in [6, 6.07) is 14.5. The van der Waals surface area contributed by atoms with Crippen molar-refractivity contribution in [3.63, 3.8) is 0 Å². The van der Waals surface area contributed by atoms with Crippen molar-refractivity contribution < 1.29 is 4.79 Å². The quantitative estimate of drug-likeness (QED) is 0.228. The minimum absolute atomic E-state index is 0.193. The fraction of sp³-hybridized carbons (Fsp3) is 0.241. The van der Waals surface area contributed by atoms with E-state index in [0.717, 1.165) is 34.9 Å². The molecule has 0 saturated heterocycles. The fourth-order valence-corrected chi connectivity index (χ4v) is 4.14. The number of unbranched alkanes of at least 4 members (excludes halogenated alkanes) is 1. The van der Waals surface area contributed by atoms with Crippen LogP contribution in [-0.2, 0) is 0 Å². The average Bonchev–Trinajstić information content (AvgIpc) is 2.90. The van der Waals surface area contributed by atoms with Gasteiger partial charge in [0.05, 0.1) is 11.1 Å². The third-order valence-corrected chi connectivity index (χ3v) is 6.09. The minimum Gasteiger partial charge on any atom is -0.338 e. The SMILES string of the molecule is CCCCNC(=O)Nc1cc(C)ccn1.Cc1cccc(C)c1-n1c(=O)[nH]c2nc3ncccc3cc2c1=O. The Labute approximate surface area is 225 Å². The Morgan fingerprint density at radius 2 is 1.74 bits per heavy atom. The zero-order chi connectivity index (χ0) is 27.9. The molecule has 39 heavy (non-hydrogen) atoms. The lowest BCUT2D eigenvalue weighted by Crippen LogP contribution is -2.34. The molecule has 2 amide bonds. The number of carbonyl (C=O) groups excluding carboxylic acids is 1. The zero-order valence-corrected chi connectivity index (χ0v) is 22.4. The molecule has 5 aromatic rings. The van der Waals surface area contributed by atoms with E-state index >= 15 is 0 Å². The summed E-state index contributed by atoms with van der Waals surface area (Å²) in [5.74, 6) is 0.587. The standard InChI is InChI=1S/C18H14N4O2.C11H17N3O/c1-10-5-3-6-11(2)14(10)22-17(23)13-9-12-7-4-8-19-15(12)20-16(13)21-18(22)24;1-3-4-6-13-11(15)14-10-8-9(2)5-7-12-10/h3-9H,1-2H3,(H,19,20,21,24);5,7-8H,3-4,6H2,1-2H3,(H2,12,13,14,15). The molecule has 0 saturated carbocycles. The molecule has 0 radical (unpaired) electrons. The number of carbonyl (C=O) groups is 1. The molecule has 0 aliphatic carbocycles. The van der Waals surface area contributed by atoms with Crippen LogP contribution in [0.4, 0.5) is 10.6 Å². The predicted octanol–water partition coefficient (Wildman–Crippen LogP) is 4.55. The van der Waals surface area contributed by atoms with Gasteiger partial charge in [-0.3, -0.25) is 15.1 Å². The van der Waals surface area contributed by atoms with E-state index in [0.29, 0.717) is 29.1 Å². The van der Waals surface area contributed by atoms with E-state index in [9.17, 15) is 14.4 Å². The first-order valence-corrected chi connectivity index (χ1v) is 12.7. The van der Waals surface area contributed by atoms with E-state index in [1.807, 2.05) is 57.2 Å². The van der Waals surface area contributed by atoms with Crippen LogP contribution in [0.5, 0.6) is 0 Å². The van der Waals surface area contributed by atoms with Gasteiger partial charge in [-0.25, -0.2) is 29.1 Å². The van der Waals surface area contributed by atoms with Gasteiger partial charge in [0.1, 0.15) is 11.5 Å². The number of H-pyrrole nitrogens is 1. The molecule has 0 spiro atoms. The van der Waals surface area contributed by atoms with E-state index in [-0.39, 0.29) is 17.2 Å². The van der Waals surface area contributed by atoms with E-state index in [2.05, 4.69) is 37.5 Å². The molecule has 10 nitrogen and oxygen atoms in total. The second-order valence-corrected chi connectivity index (χ2v) is 9.20. The van der Waals surface area contributed by atoms with E-state index in [1.165, 1.54) is 4.57 Å². The van der Waals surface area contributed by atoms with Gasteiger partial charge in [0, 0.05) is 24.3 Å².